The van der Waals surface area contributed by atoms with E-state index < -0.39 is 15.9 Å². The molecule has 0 atom stereocenters. The van der Waals surface area contributed by atoms with Crippen molar-refractivity contribution in [2.24, 2.45) is 0 Å². The second-order valence-corrected chi connectivity index (χ2v) is 10.1. The van der Waals surface area contributed by atoms with Crippen LogP contribution in [0.1, 0.15) is 5.56 Å². The lowest BCUT2D eigenvalue weighted by atomic mass is 10.1. The van der Waals surface area contributed by atoms with Crippen LogP contribution in [0.15, 0.2) is 82.6 Å². The molecule has 1 N–H and O–H groups in total. The van der Waals surface area contributed by atoms with Crippen molar-refractivity contribution >= 4 is 33.4 Å². The monoisotopic (exact) mass is 500 g/mol. The molecule has 0 aliphatic heterocycles. The van der Waals surface area contributed by atoms with E-state index in [1.165, 1.54) is 48.5 Å². The van der Waals surface area contributed by atoms with Crippen LogP contribution in [0, 0.1) is 0 Å². The van der Waals surface area contributed by atoms with Gasteiger partial charge in [0.1, 0.15) is 0 Å². The van der Waals surface area contributed by atoms with Gasteiger partial charge in [-0.15, -0.1) is 11.8 Å². The SMILES string of the molecule is COc1ccc(S(=O)(=O)N(CCc2ccccc2)CC(=O)Nc2ccccc2SC)cc1OC. The van der Waals surface area contributed by atoms with E-state index in [1.807, 2.05) is 54.8 Å². The summed E-state index contributed by atoms with van der Waals surface area (Å²) in [5.74, 6) is 0.298. The highest BCUT2D eigenvalue weighted by Gasteiger charge is 2.28. The van der Waals surface area contributed by atoms with E-state index in [0.29, 0.717) is 23.6 Å². The first-order valence-corrected chi connectivity index (χ1v) is 13.2. The van der Waals surface area contributed by atoms with E-state index in [0.717, 1.165) is 10.5 Å². The fourth-order valence-corrected chi connectivity index (χ4v) is 5.37. The van der Waals surface area contributed by atoms with E-state index in [1.54, 1.807) is 6.07 Å². The van der Waals surface area contributed by atoms with Crippen molar-refractivity contribution in [2.75, 3.05) is 38.9 Å². The maximum absolute atomic E-state index is 13.6. The lowest BCUT2D eigenvalue weighted by Crippen LogP contribution is -2.39. The van der Waals surface area contributed by atoms with Crippen LogP contribution in [0.2, 0.25) is 0 Å². The normalized spacial score (nSPS) is 11.3. The molecule has 0 aromatic heterocycles. The first-order chi connectivity index (χ1) is 16.4. The van der Waals surface area contributed by atoms with Gasteiger partial charge in [-0.25, -0.2) is 8.42 Å². The number of amides is 1. The quantitative estimate of drug-likeness (QED) is 0.395. The van der Waals surface area contributed by atoms with Crippen molar-refractivity contribution in [1.82, 2.24) is 4.31 Å². The topological polar surface area (TPSA) is 84.9 Å². The Balaban J connectivity index is 1.88. The van der Waals surface area contributed by atoms with Gasteiger partial charge in [-0.3, -0.25) is 4.79 Å². The van der Waals surface area contributed by atoms with Gasteiger partial charge in [-0.05, 0) is 42.5 Å². The molecular weight excluding hydrogens is 472 g/mol. The molecule has 0 aliphatic carbocycles. The van der Waals surface area contributed by atoms with E-state index in [-0.39, 0.29) is 18.0 Å². The fourth-order valence-electron chi connectivity index (χ4n) is 3.41. The Bertz CT molecular complexity index is 1220. The van der Waals surface area contributed by atoms with Crippen molar-refractivity contribution in [1.29, 1.82) is 0 Å². The number of rotatable bonds is 11. The Hall–Kier alpha value is -3.01. The standard InChI is InChI=1S/C25H28N2O5S2/c1-31-22-14-13-20(17-23(22)32-2)34(29,30)27(16-15-19-9-5-4-6-10-19)18-25(28)26-21-11-7-8-12-24(21)33-3/h4-14,17H,15-16,18H2,1-3H3,(H,26,28). The van der Waals surface area contributed by atoms with Crippen molar-refractivity contribution in [3.63, 3.8) is 0 Å². The average Bonchev–Trinajstić information content (AvgIpc) is 2.86. The van der Waals surface area contributed by atoms with Crippen molar-refractivity contribution in [2.45, 2.75) is 16.2 Å². The fraction of sp³-hybridized carbons (Fsp3) is 0.240. The lowest BCUT2D eigenvalue weighted by Gasteiger charge is -2.23. The lowest BCUT2D eigenvalue weighted by molar-refractivity contribution is -0.116. The van der Waals surface area contributed by atoms with Crippen LogP contribution in [-0.2, 0) is 21.2 Å². The second-order valence-electron chi connectivity index (χ2n) is 7.34. The Morgan fingerprint density at radius 1 is 0.941 bits per heavy atom. The highest BCUT2D eigenvalue weighted by atomic mass is 32.2. The molecule has 9 heteroatoms. The van der Waals surface area contributed by atoms with Crippen LogP contribution < -0.4 is 14.8 Å². The molecule has 1 amide bonds. The molecule has 0 fully saturated rings. The summed E-state index contributed by atoms with van der Waals surface area (Å²) in [7, 11) is -1.08. The number of hydrogen-bond acceptors (Lipinski definition) is 6. The first kappa shape index (κ1) is 25.6. The Morgan fingerprint density at radius 3 is 2.29 bits per heavy atom. The number of nitrogens with one attached hydrogen (secondary N) is 1. The summed E-state index contributed by atoms with van der Waals surface area (Å²) in [4.78, 5) is 13.9. The van der Waals surface area contributed by atoms with Crippen LogP contribution >= 0.6 is 11.8 Å². The van der Waals surface area contributed by atoms with Gasteiger partial charge in [0.05, 0.1) is 31.3 Å². The average molecular weight is 501 g/mol. The molecule has 0 saturated heterocycles. The number of benzene rings is 3. The summed E-state index contributed by atoms with van der Waals surface area (Å²) >= 11 is 1.50. The number of carbonyl (C=O) groups excluding carboxylic acids is 1. The first-order valence-electron chi connectivity index (χ1n) is 10.6. The minimum absolute atomic E-state index is 0.0236. The Kier molecular flexibility index (Phi) is 8.98. The molecule has 0 saturated carbocycles. The molecule has 180 valence electrons. The number of methoxy groups -OCH3 is 2. The van der Waals surface area contributed by atoms with Crippen molar-refractivity contribution in [3.8, 4) is 11.5 Å². The third-order valence-corrected chi connectivity index (χ3v) is 7.82. The molecule has 0 bridgehead atoms. The number of para-hydroxylation sites is 1. The number of carbonyl (C=O) groups is 1. The highest BCUT2D eigenvalue weighted by Crippen LogP contribution is 2.31. The number of sulfonamides is 1. The molecular formula is C25H28N2O5S2. The molecule has 0 heterocycles. The van der Waals surface area contributed by atoms with Crippen LogP contribution in [-0.4, -0.2) is 52.2 Å². The molecule has 3 aromatic rings. The van der Waals surface area contributed by atoms with Crippen molar-refractivity contribution < 1.29 is 22.7 Å². The highest BCUT2D eigenvalue weighted by molar-refractivity contribution is 7.98. The molecule has 3 aromatic carbocycles. The van der Waals surface area contributed by atoms with Crippen LogP contribution in [0.25, 0.3) is 0 Å². The predicted molar refractivity (Wildman–Crippen MR) is 135 cm³/mol. The smallest absolute Gasteiger partial charge is 0.243 e. The van der Waals surface area contributed by atoms with Crippen LogP contribution in [0.5, 0.6) is 11.5 Å². The summed E-state index contributed by atoms with van der Waals surface area (Å²) in [6.45, 7) is -0.190. The maximum atomic E-state index is 13.6. The molecule has 0 spiro atoms. The molecule has 7 nitrogen and oxygen atoms in total. The third kappa shape index (κ3) is 6.31. The number of hydrogen-bond donors (Lipinski definition) is 1. The third-order valence-electron chi connectivity index (χ3n) is 5.19. The van der Waals surface area contributed by atoms with Gasteiger partial charge in [-0.1, -0.05) is 42.5 Å². The number of nitrogens with zero attached hydrogens (tertiary/aromatic N) is 1. The van der Waals surface area contributed by atoms with Crippen molar-refractivity contribution in [3.05, 3.63) is 78.4 Å². The minimum Gasteiger partial charge on any atom is -0.493 e. The summed E-state index contributed by atoms with van der Waals surface area (Å²) < 4.78 is 38.8. The van der Waals surface area contributed by atoms with Crippen LogP contribution in [0.4, 0.5) is 5.69 Å². The molecule has 0 radical (unpaired) electrons. The molecule has 34 heavy (non-hydrogen) atoms. The Morgan fingerprint density at radius 2 is 1.62 bits per heavy atom. The van der Waals surface area contributed by atoms with E-state index >= 15 is 0 Å². The van der Waals surface area contributed by atoms with Gasteiger partial charge in [-0.2, -0.15) is 4.31 Å². The second kappa shape index (κ2) is 11.9. The van der Waals surface area contributed by atoms with E-state index in [2.05, 4.69) is 5.32 Å². The van der Waals surface area contributed by atoms with E-state index in [4.69, 9.17) is 9.47 Å². The summed E-state index contributed by atoms with van der Waals surface area (Å²) in [6, 6.07) is 21.3. The van der Waals surface area contributed by atoms with Crippen LogP contribution in [0.3, 0.4) is 0 Å². The zero-order valence-corrected chi connectivity index (χ0v) is 21.0. The molecule has 3 rings (SSSR count). The molecule has 0 aliphatic rings. The van der Waals surface area contributed by atoms with E-state index in [9.17, 15) is 13.2 Å². The largest absolute Gasteiger partial charge is 0.493 e. The zero-order chi connectivity index (χ0) is 24.6. The van der Waals surface area contributed by atoms with Gasteiger partial charge in [0.2, 0.25) is 15.9 Å². The van der Waals surface area contributed by atoms with Gasteiger partial charge in [0.15, 0.2) is 11.5 Å². The maximum Gasteiger partial charge on any atom is 0.243 e. The summed E-state index contributed by atoms with van der Waals surface area (Å²) in [6.07, 6.45) is 2.38. The van der Waals surface area contributed by atoms with Gasteiger partial charge < -0.3 is 14.8 Å². The number of anilines is 1. The van der Waals surface area contributed by atoms with Gasteiger partial charge >= 0.3 is 0 Å². The zero-order valence-electron chi connectivity index (χ0n) is 19.4. The number of thioether (sulfide) groups is 1. The summed E-state index contributed by atoms with van der Waals surface area (Å²) in [5.41, 5.74) is 1.62. The van der Waals surface area contributed by atoms with Gasteiger partial charge in [0, 0.05) is 17.5 Å². The summed E-state index contributed by atoms with van der Waals surface area (Å²) in [5, 5.41) is 2.84. The molecule has 0 unspecified atom stereocenters. The minimum atomic E-state index is -4.00. The number of ether oxygens (including phenoxy) is 2. The van der Waals surface area contributed by atoms with Gasteiger partial charge in [0.25, 0.3) is 0 Å². The Labute approximate surface area is 205 Å². The predicted octanol–water partition coefficient (Wildman–Crippen LogP) is 4.30.